The molecule has 0 unspecified atom stereocenters. The molecule has 1 aliphatic carbocycles. The number of benzene rings is 2. The first-order valence-corrected chi connectivity index (χ1v) is 11.9. The van der Waals surface area contributed by atoms with Gasteiger partial charge in [-0.3, -0.25) is 4.79 Å². The second-order valence-electron chi connectivity index (χ2n) is 9.32. The highest BCUT2D eigenvalue weighted by Gasteiger charge is 2.24. The number of nitrogens with one attached hydrogen (secondary N) is 1. The first kappa shape index (κ1) is 22.3. The highest BCUT2D eigenvalue weighted by Crippen LogP contribution is 2.38. The van der Waals surface area contributed by atoms with E-state index < -0.39 is 5.97 Å². The number of esters is 1. The van der Waals surface area contributed by atoms with Gasteiger partial charge >= 0.3 is 5.97 Å². The maximum Gasteiger partial charge on any atom is 0.341 e. The predicted molar refractivity (Wildman–Crippen MR) is 131 cm³/mol. The zero-order chi connectivity index (χ0) is 22.9. The summed E-state index contributed by atoms with van der Waals surface area (Å²) >= 11 is 1.35. The molecule has 1 aromatic heterocycles. The Morgan fingerprint density at radius 3 is 2.31 bits per heavy atom. The molecule has 0 fully saturated rings. The summed E-state index contributed by atoms with van der Waals surface area (Å²) in [5.41, 5.74) is 6.67. The van der Waals surface area contributed by atoms with Gasteiger partial charge in [-0.25, -0.2) is 4.79 Å². The molecule has 2 aromatic carbocycles. The monoisotopic (exact) mass is 447 g/mol. The van der Waals surface area contributed by atoms with Crippen LogP contribution < -0.4 is 5.32 Å². The van der Waals surface area contributed by atoms with Gasteiger partial charge in [0.2, 0.25) is 0 Å². The molecular formula is C27H29NO3S. The summed E-state index contributed by atoms with van der Waals surface area (Å²) in [5, 5.41) is 5.37. The third kappa shape index (κ3) is 4.49. The number of methoxy groups -OCH3 is 1. The number of aryl methyl sites for hydroxylation is 2. The Balaban J connectivity index is 1.64. The Kier molecular flexibility index (Phi) is 6.20. The van der Waals surface area contributed by atoms with E-state index in [-0.39, 0.29) is 11.3 Å². The van der Waals surface area contributed by atoms with Crippen molar-refractivity contribution in [3.8, 4) is 11.1 Å². The summed E-state index contributed by atoms with van der Waals surface area (Å²) in [6, 6.07) is 14.0. The topological polar surface area (TPSA) is 55.4 Å². The number of carbonyl (C=O) groups is 2. The van der Waals surface area contributed by atoms with Crippen molar-refractivity contribution in [3.63, 3.8) is 0 Å². The number of hydrogen-bond donors (Lipinski definition) is 1. The smallest absolute Gasteiger partial charge is 0.341 e. The number of anilines is 1. The number of amides is 1. The van der Waals surface area contributed by atoms with Gasteiger partial charge in [-0.15, -0.1) is 11.3 Å². The van der Waals surface area contributed by atoms with E-state index in [2.05, 4.69) is 44.3 Å². The van der Waals surface area contributed by atoms with Gasteiger partial charge in [0.25, 0.3) is 5.91 Å². The Morgan fingerprint density at radius 2 is 1.66 bits per heavy atom. The van der Waals surface area contributed by atoms with Crippen molar-refractivity contribution in [3.05, 3.63) is 75.7 Å². The minimum atomic E-state index is -0.447. The van der Waals surface area contributed by atoms with Crippen LogP contribution in [-0.4, -0.2) is 19.0 Å². The van der Waals surface area contributed by atoms with E-state index in [1.54, 1.807) is 0 Å². The van der Waals surface area contributed by atoms with E-state index in [0.717, 1.165) is 29.5 Å². The van der Waals surface area contributed by atoms with Crippen LogP contribution in [0.4, 0.5) is 5.00 Å². The van der Waals surface area contributed by atoms with Gasteiger partial charge in [0, 0.05) is 16.5 Å². The first-order chi connectivity index (χ1) is 15.3. The third-order valence-corrected chi connectivity index (χ3v) is 6.98. The van der Waals surface area contributed by atoms with Gasteiger partial charge in [-0.1, -0.05) is 51.1 Å². The lowest BCUT2D eigenvalue weighted by Crippen LogP contribution is -2.15. The molecule has 0 saturated carbocycles. The van der Waals surface area contributed by atoms with Crippen molar-refractivity contribution < 1.29 is 14.3 Å². The fourth-order valence-electron chi connectivity index (χ4n) is 4.16. The normalized spacial score (nSPS) is 13.4. The molecule has 3 aromatic rings. The van der Waals surface area contributed by atoms with Crippen LogP contribution in [0, 0.1) is 0 Å². The molecule has 1 aliphatic rings. The van der Waals surface area contributed by atoms with Crippen LogP contribution >= 0.6 is 11.3 Å². The zero-order valence-electron chi connectivity index (χ0n) is 19.1. The third-order valence-electron chi connectivity index (χ3n) is 6.08. The summed E-state index contributed by atoms with van der Waals surface area (Å²) in [7, 11) is 1.37. The Bertz CT molecular complexity index is 1150. The summed E-state index contributed by atoms with van der Waals surface area (Å²) in [4.78, 5) is 25.6. The summed E-state index contributed by atoms with van der Waals surface area (Å²) in [6.07, 6.45) is 4.60. The van der Waals surface area contributed by atoms with Crippen LogP contribution in [0.25, 0.3) is 11.1 Å². The van der Waals surface area contributed by atoms with Gasteiger partial charge in [-0.2, -0.15) is 0 Å². The van der Waals surface area contributed by atoms with E-state index in [0.29, 0.717) is 16.1 Å². The highest BCUT2D eigenvalue weighted by atomic mass is 32.1. The lowest BCUT2D eigenvalue weighted by molar-refractivity contribution is 0.0603. The Labute approximate surface area is 193 Å². The minimum absolute atomic E-state index is 0.0184. The van der Waals surface area contributed by atoms with Gasteiger partial charge in [0.15, 0.2) is 0 Å². The molecule has 5 heteroatoms. The Morgan fingerprint density at radius 1 is 0.969 bits per heavy atom. The van der Waals surface area contributed by atoms with Gasteiger partial charge < -0.3 is 10.1 Å². The average molecular weight is 448 g/mol. The highest BCUT2D eigenvalue weighted by molar-refractivity contribution is 7.15. The van der Waals surface area contributed by atoms with Crippen LogP contribution in [0.3, 0.4) is 0 Å². The van der Waals surface area contributed by atoms with Gasteiger partial charge in [0.05, 0.1) is 7.11 Å². The molecule has 32 heavy (non-hydrogen) atoms. The number of ether oxygens (including phenoxy) is 1. The van der Waals surface area contributed by atoms with Crippen molar-refractivity contribution in [2.24, 2.45) is 0 Å². The molecule has 4 rings (SSSR count). The number of carbonyl (C=O) groups excluding carboxylic acids is 2. The first-order valence-electron chi connectivity index (χ1n) is 11.0. The maximum absolute atomic E-state index is 12.9. The lowest BCUT2D eigenvalue weighted by Gasteiger charge is -2.19. The van der Waals surface area contributed by atoms with E-state index in [9.17, 15) is 9.59 Å². The quantitative estimate of drug-likeness (QED) is 0.457. The summed E-state index contributed by atoms with van der Waals surface area (Å²) in [6.45, 7) is 6.41. The SMILES string of the molecule is COC(=O)c1c(-c2ccc3c(c2)CCCC3)csc1NC(=O)c1ccc(C(C)(C)C)cc1. The van der Waals surface area contributed by atoms with Crippen molar-refractivity contribution in [2.45, 2.75) is 51.9 Å². The van der Waals surface area contributed by atoms with E-state index >= 15 is 0 Å². The van der Waals surface area contributed by atoms with Crippen molar-refractivity contribution in [2.75, 3.05) is 12.4 Å². The second-order valence-corrected chi connectivity index (χ2v) is 10.2. The predicted octanol–water partition coefficient (Wildman–Crippen LogP) is 6.63. The van der Waals surface area contributed by atoms with E-state index in [4.69, 9.17) is 4.74 Å². The van der Waals surface area contributed by atoms with Crippen molar-refractivity contribution >= 4 is 28.2 Å². The number of hydrogen-bond acceptors (Lipinski definition) is 4. The van der Waals surface area contributed by atoms with Crippen LogP contribution in [0.1, 0.15) is 71.0 Å². The molecule has 1 heterocycles. The minimum Gasteiger partial charge on any atom is -0.465 e. The Hall–Kier alpha value is -2.92. The fourth-order valence-corrected chi connectivity index (χ4v) is 5.12. The molecule has 0 aliphatic heterocycles. The summed E-state index contributed by atoms with van der Waals surface area (Å²) < 4.78 is 5.07. The molecule has 166 valence electrons. The van der Waals surface area contributed by atoms with E-state index in [1.807, 2.05) is 29.6 Å². The fraction of sp³-hybridized carbons (Fsp3) is 0.333. The van der Waals surface area contributed by atoms with Crippen LogP contribution in [0.5, 0.6) is 0 Å². The van der Waals surface area contributed by atoms with Crippen LogP contribution in [-0.2, 0) is 23.0 Å². The van der Waals surface area contributed by atoms with Crippen LogP contribution in [0.15, 0.2) is 47.8 Å². The summed E-state index contributed by atoms with van der Waals surface area (Å²) in [5.74, 6) is -0.688. The molecule has 0 radical (unpaired) electrons. The molecule has 0 saturated heterocycles. The molecular weight excluding hydrogens is 418 g/mol. The van der Waals surface area contributed by atoms with Crippen molar-refractivity contribution in [1.82, 2.24) is 0 Å². The average Bonchev–Trinajstić information content (AvgIpc) is 3.21. The maximum atomic E-state index is 12.9. The molecule has 1 N–H and O–H groups in total. The molecule has 0 atom stereocenters. The second kappa shape index (κ2) is 8.91. The van der Waals surface area contributed by atoms with Gasteiger partial charge in [-0.05, 0) is 65.5 Å². The van der Waals surface area contributed by atoms with Crippen LogP contribution in [0.2, 0.25) is 0 Å². The molecule has 1 amide bonds. The lowest BCUT2D eigenvalue weighted by atomic mass is 9.87. The number of fused-ring (bicyclic) bond motifs is 1. The molecule has 4 nitrogen and oxygen atoms in total. The van der Waals surface area contributed by atoms with Crippen molar-refractivity contribution in [1.29, 1.82) is 0 Å². The standard InChI is InChI=1S/C27H29NO3S/c1-27(2,3)21-13-11-18(12-14-21)24(29)28-25-23(26(30)31-4)22(16-32-25)20-10-9-17-7-5-6-8-19(17)15-20/h9-16H,5-8H2,1-4H3,(H,28,29). The molecule has 0 spiro atoms. The van der Waals surface area contributed by atoms with E-state index in [1.165, 1.54) is 42.4 Å². The van der Waals surface area contributed by atoms with Gasteiger partial charge in [0.1, 0.15) is 10.6 Å². The number of rotatable bonds is 4. The largest absolute Gasteiger partial charge is 0.465 e. The molecule has 0 bridgehead atoms. The zero-order valence-corrected chi connectivity index (χ0v) is 19.9. The number of thiophene rings is 1.